The SMILES string of the molecule is C=CCOCC1CCN(S(=O)(=O)c2ccc(OCC)cc2)CC1. The van der Waals surface area contributed by atoms with E-state index in [0.717, 1.165) is 12.8 Å². The number of hydrogen-bond donors (Lipinski definition) is 0. The molecule has 1 aromatic carbocycles. The van der Waals surface area contributed by atoms with Gasteiger partial charge >= 0.3 is 0 Å². The Hall–Kier alpha value is -1.37. The summed E-state index contributed by atoms with van der Waals surface area (Å²) in [7, 11) is -3.42. The van der Waals surface area contributed by atoms with Crippen LogP contribution < -0.4 is 4.74 Å². The molecule has 1 aliphatic heterocycles. The molecule has 0 atom stereocenters. The third kappa shape index (κ3) is 4.80. The van der Waals surface area contributed by atoms with Gasteiger partial charge in [-0.3, -0.25) is 0 Å². The van der Waals surface area contributed by atoms with Crippen LogP contribution in [0.25, 0.3) is 0 Å². The summed E-state index contributed by atoms with van der Waals surface area (Å²) in [6, 6.07) is 6.62. The molecule has 0 N–H and O–H groups in total. The molecule has 5 nitrogen and oxygen atoms in total. The van der Waals surface area contributed by atoms with Crippen molar-refractivity contribution in [2.75, 3.05) is 32.9 Å². The van der Waals surface area contributed by atoms with Crippen molar-refractivity contribution in [3.63, 3.8) is 0 Å². The van der Waals surface area contributed by atoms with Crippen LogP contribution in [0.4, 0.5) is 0 Å². The van der Waals surface area contributed by atoms with Crippen molar-refractivity contribution >= 4 is 10.0 Å². The first-order chi connectivity index (χ1) is 11.1. The third-order valence-electron chi connectivity index (χ3n) is 3.94. The maximum atomic E-state index is 12.7. The molecule has 6 heteroatoms. The number of benzene rings is 1. The highest BCUT2D eigenvalue weighted by Gasteiger charge is 2.29. The first-order valence-electron chi connectivity index (χ1n) is 7.99. The zero-order valence-corrected chi connectivity index (χ0v) is 14.4. The average molecular weight is 339 g/mol. The lowest BCUT2D eigenvalue weighted by molar-refractivity contribution is 0.0982. The van der Waals surface area contributed by atoms with Crippen molar-refractivity contribution in [2.45, 2.75) is 24.7 Å². The van der Waals surface area contributed by atoms with Gasteiger partial charge in [-0.1, -0.05) is 6.08 Å². The summed E-state index contributed by atoms with van der Waals surface area (Å²) >= 11 is 0. The Morgan fingerprint density at radius 1 is 1.26 bits per heavy atom. The first-order valence-corrected chi connectivity index (χ1v) is 9.43. The van der Waals surface area contributed by atoms with Crippen molar-refractivity contribution < 1.29 is 17.9 Å². The Balaban J connectivity index is 1.94. The monoisotopic (exact) mass is 339 g/mol. The molecule has 128 valence electrons. The molecule has 1 aliphatic rings. The summed E-state index contributed by atoms with van der Waals surface area (Å²) in [6.07, 6.45) is 3.38. The van der Waals surface area contributed by atoms with Gasteiger partial charge in [0.25, 0.3) is 0 Å². The molecule has 0 bridgehead atoms. The quantitative estimate of drug-likeness (QED) is 0.540. The molecule has 2 rings (SSSR count). The predicted octanol–water partition coefficient (Wildman–Crippen LogP) is 2.69. The molecule has 0 aromatic heterocycles. The van der Waals surface area contributed by atoms with E-state index in [1.165, 1.54) is 0 Å². The van der Waals surface area contributed by atoms with Crippen LogP contribution in [0.5, 0.6) is 5.75 Å². The number of sulfonamides is 1. The molecule has 0 radical (unpaired) electrons. The van der Waals surface area contributed by atoms with E-state index in [2.05, 4.69) is 6.58 Å². The number of nitrogens with zero attached hydrogens (tertiary/aromatic N) is 1. The van der Waals surface area contributed by atoms with Crippen LogP contribution in [0.2, 0.25) is 0 Å². The van der Waals surface area contributed by atoms with Crippen molar-refractivity contribution in [1.82, 2.24) is 4.31 Å². The smallest absolute Gasteiger partial charge is 0.243 e. The van der Waals surface area contributed by atoms with Gasteiger partial charge in [-0.15, -0.1) is 6.58 Å². The lowest BCUT2D eigenvalue weighted by Gasteiger charge is -2.31. The minimum absolute atomic E-state index is 0.322. The van der Waals surface area contributed by atoms with Gasteiger partial charge in [-0.2, -0.15) is 4.31 Å². The van der Waals surface area contributed by atoms with E-state index < -0.39 is 10.0 Å². The molecule has 1 aromatic rings. The van der Waals surface area contributed by atoms with E-state index in [9.17, 15) is 8.42 Å². The Morgan fingerprint density at radius 2 is 1.91 bits per heavy atom. The molecule has 0 unspecified atom stereocenters. The fraction of sp³-hybridized carbons (Fsp3) is 0.529. The molecule has 0 aliphatic carbocycles. The van der Waals surface area contributed by atoms with Gasteiger partial charge in [0, 0.05) is 19.7 Å². The second-order valence-electron chi connectivity index (χ2n) is 5.58. The van der Waals surface area contributed by atoms with E-state index in [0.29, 0.717) is 49.5 Å². The minimum atomic E-state index is -3.42. The Morgan fingerprint density at radius 3 is 2.48 bits per heavy atom. The van der Waals surface area contributed by atoms with E-state index >= 15 is 0 Å². The summed E-state index contributed by atoms with van der Waals surface area (Å²) in [5.41, 5.74) is 0. The third-order valence-corrected chi connectivity index (χ3v) is 5.85. The van der Waals surface area contributed by atoms with Crippen LogP contribution in [0.1, 0.15) is 19.8 Å². The normalized spacial score (nSPS) is 17.1. The van der Waals surface area contributed by atoms with Gasteiger partial charge in [0.2, 0.25) is 10.0 Å². The number of ether oxygens (including phenoxy) is 2. The van der Waals surface area contributed by atoms with Crippen LogP contribution in [0, 0.1) is 5.92 Å². The molecular weight excluding hydrogens is 314 g/mol. The van der Waals surface area contributed by atoms with E-state index in [1.807, 2.05) is 6.92 Å². The number of rotatable bonds is 8. The Bertz CT molecular complexity index is 590. The lowest BCUT2D eigenvalue weighted by atomic mass is 9.99. The molecule has 23 heavy (non-hydrogen) atoms. The largest absolute Gasteiger partial charge is 0.494 e. The van der Waals surface area contributed by atoms with Crippen LogP contribution in [0.15, 0.2) is 41.8 Å². The van der Waals surface area contributed by atoms with Gasteiger partial charge in [-0.25, -0.2) is 8.42 Å². The van der Waals surface area contributed by atoms with Gasteiger partial charge in [0.1, 0.15) is 5.75 Å². The van der Waals surface area contributed by atoms with Crippen molar-refractivity contribution in [3.8, 4) is 5.75 Å². The Labute approximate surface area is 138 Å². The van der Waals surface area contributed by atoms with Crippen molar-refractivity contribution in [2.24, 2.45) is 5.92 Å². The fourth-order valence-corrected chi connectivity index (χ4v) is 4.13. The van der Waals surface area contributed by atoms with E-state index in [1.54, 1.807) is 34.6 Å². The molecular formula is C17H25NO4S. The highest BCUT2D eigenvalue weighted by Crippen LogP contribution is 2.25. The first kappa shape index (κ1) is 18.0. The topological polar surface area (TPSA) is 55.8 Å². The molecule has 1 fully saturated rings. The van der Waals surface area contributed by atoms with Gasteiger partial charge < -0.3 is 9.47 Å². The molecule has 0 saturated carbocycles. The highest BCUT2D eigenvalue weighted by molar-refractivity contribution is 7.89. The zero-order chi connectivity index (χ0) is 16.7. The summed E-state index contributed by atoms with van der Waals surface area (Å²) in [5.74, 6) is 1.10. The summed E-state index contributed by atoms with van der Waals surface area (Å²) in [6.45, 7) is 8.37. The number of piperidine rings is 1. The van der Waals surface area contributed by atoms with Crippen LogP contribution in [-0.2, 0) is 14.8 Å². The summed E-state index contributed by atoms with van der Waals surface area (Å²) in [4.78, 5) is 0.322. The minimum Gasteiger partial charge on any atom is -0.494 e. The maximum Gasteiger partial charge on any atom is 0.243 e. The van der Waals surface area contributed by atoms with Gasteiger partial charge in [0.15, 0.2) is 0 Å². The van der Waals surface area contributed by atoms with Crippen molar-refractivity contribution in [3.05, 3.63) is 36.9 Å². The zero-order valence-electron chi connectivity index (χ0n) is 13.6. The van der Waals surface area contributed by atoms with Crippen LogP contribution in [-0.4, -0.2) is 45.6 Å². The van der Waals surface area contributed by atoms with Gasteiger partial charge in [0.05, 0.1) is 18.1 Å². The summed E-state index contributed by atoms with van der Waals surface area (Å²) < 4.78 is 37.7. The molecule has 1 heterocycles. The average Bonchev–Trinajstić information content (AvgIpc) is 2.56. The lowest BCUT2D eigenvalue weighted by Crippen LogP contribution is -2.39. The molecule has 1 saturated heterocycles. The second-order valence-corrected chi connectivity index (χ2v) is 7.52. The fourth-order valence-electron chi connectivity index (χ4n) is 2.66. The standard InChI is InChI=1S/C17H25NO4S/c1-3-13-21-14-15-9-11-18(12-10-15)23(19,20)17-7-5-16(6-8-17)22-4-2/h3,5-8,15H,1,4,9-14H2,2H3. The van der Waals surface area contributed by atoms with E-state index in [-0.39, 0.29) is 0 Å². The summed E-state index contributed by atoms with van der Waals surface area (Å²) in [5, 5.41) is 0. The Kier molecular flexibility index (Phi) is 6.62. The number of hydrogen-bond acceptors (Lipinski definition) is 4. The maximum absolute atomic E-state index is 12.7. The predicted molar refractivity (Wildman–Crippen MR) is 90.1 cm³/mol. The highest BCUT2D eigenvalue weighted by atomic mass is 32.2. The molecule has 0 amide bonds. The second kappa shape index (κ2) is 8.47. The molecule has 0 spiro atoms. The van der Waals surface area contributed by atoms with Gasteiger partial charge in [-0.05, 0) is 49.9 Å². The van der Waals surface area contributed by atoms with E-state index in [4.69, 9.17) is 9.47 Å². The van der Waals surface area contributed by atoms with Crippen LogP contribution >= 0.6 is 0 Å². The van der Waals surface area contributed by atoms with Crippen molar-refractivity contribution in [1.29, 1.82) is 0 Å². The van der Waals surface area contributed by atoms with Crippen LogP contribution in [0.3, 0.4) is 0 Å².